The maximum Gasteiger partial charge on any atom is 0.123 e. The minimum absolute atomic E-state index is 0.703. The number of nitrogens with two attached hydrogens (primary N) is 1. The van der Waals surface area contributed by atoms with E-state index in [9.17, 15) is 0 Å². The monoisotopic (exact) mass is 270 g/mol. The average molecular weight is 271 g/mol. The van der Waals surface area contributed by atoms with Crippen LogP contribution in [0.2, 0.25) is 5.02 Å². The first-order valence-electron chi connectivity index (χ1n) is 6.51. The van der Waals surface area contributed by atoms with E-state index < -0.39 is 0 Å². The summed E-state index contributed by atoms with van der Waals surface area (Å²) in [6, 6.07) is 5.88. The lowest BCUT2D eigenvalue weighted by Crippen LogP contribution is -2.18. The highest BCUT2D eigenvalue weighted by atomic mass is 35.5. The van der Waals surface area contributed by atoms with Gasteiger partial charge in [0.2, 0.25) is 0 Å². The molecule has 1 fully saturated rings. The number of rotatable bonds is 4. The lowest BCUT2D eigenvalue weighted by atomic mass is 10.2. The summed E-state index contributed by atoms with van der Waals surface area (Å²) >= 11 is 6.03. The van der Waals surface area contributed by atoms with Gasteiger partial charge in [-0.05, 0) is 58.1 Å². The predicted molar refractivity (Wildman–Crippen MR) is 77.2 cm³/mol. The first kappa shape index (κ1) is 15.3. The second-order valence-corrected chi connectivity index (χ2v) is 4.60. The van der Waals surface area contributed by atoms with E-state index in [4.69, 9.17) is 16.3 Å². The number of ether oxygens (including phenoxy) is 1. The zero-order valence-corrected chi connectivity index (χ0v) is 12.0. The van der Waals surface area contributed by atoms with Crippen molar-refractivity contribution < 1.29 is 4.74 Å². The van der Waals surface area contributed by atoms with Gasteiger partial charge in [0.25, 0.3) is 0 Å². The maximum absolute atomic E-state index is 6.03. The molecule has 0 spiro atoms. The third kappa shape index (κ3) is 4.48. The van der Waals surface area contributed by atoms with E-state index in [-0.39, 0.29) is 0 Å². The summed E-state index contributed by atoms with van der Waals surface area (Å²) in [6.45, 7) is 6.05. The lowest BCUT2D eigenvalue weighted by Gasteiger charge is -2.17. The molecule has 0 amide bonds. The molecule has 1 aliphatic heterocycles. The molecule has 0 saturated carbocycles. The van der Waals surface area contributed by atoms with E-state index >= 15 is 0 Å². The predicted octanol–water partition coefficient (Wildman–Crippen LogP) is 2.91. The van der Waals surface area contributed by atoms with Gasteiger partial charge in [-0.1, -0.05) is 11.6 Å². The van der Waals surface area contributed by atoms with Crippen molar-refractivity contribution in [3.05, 3.63) is 28.8 Å². The Morgan fingerprint density at radius 3 is 2.56 bits per heavy atom. The highest BCUT2D eigenvalue weighted by Crippen LogP contribution is 2.25. The van der Waals surface area contributed by atoms with E-state index in [1.54, 1.807) is 0 Å². The molecule has 1 heterocycles. The van der Waals surface area contributed by atoms with E-state index in [0.717, 1.165) is 17.3 Å². The molecule has 0 bridgehead atoms. The molecule has 102 valence electrons. The van der Waals surface area contributed by atoms with Crippen LogP contribution in [-0.2, 0) is 6.54 Å². The SMILES string of the molecule is CCOc1ccc(Cl)cc1CN1CCCC1.CN. The summed E-state index contributed by atoms with van der Waals surface area (Å²) in [7, 11) is 1.50. The quantitative estimate of drug-likeness (QED) is 0.914. The van der Waals surface area contributed by atoms with Crippen LogP contribution in [0, 0.1) is 0 Å². The van der Waals surface area contributed by atoms with Crippen LogP contribution in [0.5, 0.6) is 5.75 Å². The molecular formula is C14H23ClN2O. The van der Waals surface area contributed by atoms with Gasteiger partial charge < -0.3 is 10.5 Å². The second kappa shape index (κ2) is 8.35. The number of nitrogens with zero attached hydrogens (tertiary/aromatic N) is 1. The van der Waals surface area contributed by atoms with E-state index in [1.165, 1.54) is 38.5 Å². The van der Waals surface area contributed by atoms with Crippen LogP contribution in [0.15, 0.2) is 18.2 Å². The van der Waals surface area contributed by atoms with Gasteiger partial charge in [-0.15, -0.1) is 0 Å². The number of likely N-dealkylation sites (tertiary alicyclic amines) is 1. The summed E-state index contributed by atoms with van der Waals surface area (Å²) < 4.78 is 5.62. The summed E-state index contributed by atoms with van der Waals surface area (Å²) in [5.41, 5.74) is 5.70. The number of hydrogen-bond acceptors (Lipinski definition) is 3. The third-order valence-electron chi connectivity index (χ3n) is 2.92. The van der Waals surface area contributed by atoms with E-state index in [1.807, 2.05) is 25.1 Å². The van der Waals surface area contributed by atoms with Crippen LogP contribution in [0.1, 0.15) is 25.3 Å². The minimum atomic E-state index is 0.703. The van der Waals surface area contributed by atoms with Gasteiger partial charge in [0.1, 0.15) is 5.75 Å². The van der Waals surface area contributed by atoms with Gasteiger partial charge in [-0.3, -0.25) is 4.90 Å². The van der Waals surface area contributed by atoms with Crippen molar-refractivity contribution in [2.75, 3.05) is 26.7 Å². The summed E-state index contributed by atoms with van der Waals surface area (Å²) in [6.07, 6.45) is 2.62. The molecule has 1 aliphatic rings. The molecule has 0 atom stereocenters. The van der Waals surface area contributed by atoms with Gasteiger partial charge in [0.05, 0.1) is 6.61 Å². The van der Waals surface area contributed by atoms with Crippen molar-refractivity contribution in [1.29, 1.82) is 0 Å². The Bertz CT molecular complexity index is 352. The molecular weight excluding hydrogens is 248 g/mol. The van der Waals surface area contributed by atoms with Crippen molar-refractivity contribution in [1.82, 2.24) is 4.90 Å². The highest BCUT2D eigenvalue weighted by Gasteiger charge is 2.14. The fourth-order valence-electron chi connectivity index (χ4n) is 2.15. The number of hydrogen-bond donors (Lipinski definition) is 1. The zero-order chi connectivity index (χ0) is 13.4. The van der Waals surface area contributed by atoms with Gasteiger partial charge in [-0.2, -0.15) is 0 Å². The molecule has 0 unspecified atom stereocenters. The molecule has 4 heteroatoms. The Labute approximate surface area is 115 Å². The third-order valence-corrected chi connectivity index (χ3v) is 3.15. The smallest absolute Gasteiger partial charge is 0.123 e. The Morgan fingerprint density at radius 2 is 1.94 bits per heavy atom. The summed E-state index contributed by atoms with van der Waals surface area (Å²) in [5.74, 6) is 0.971. The van der Waals surface area contributed by atoms with Gasteiger partial charge in [-0.25, -0.2) is 0 Å². The normalized spacial score (nSPS) is 15.1. The molecule has 2 rings (SSSR count). The summed E-state index contributed by atoms with van der Waals surface area (Å²) in [5, 5.41) is 0.789. The van der Waals surface area contributed by atoms with Crippen molar-refractivity contribution in [3.63, 3.8) is 0 Å². The standard InChI is InChI=1S/C13H18ClNO.CH5N/c1-2-16-13-6-5-12(14)9-11(13)10-15-7-3-4-8-15;1-2/h5-6,9H,2-4,7-8,10H2,1H3;2H2,1H3. The van der Waals surface area contributed by atoms with E-state index in [0.29, 0.717) is 6.61 Å². The van der Waals surface area contributed by atoms with Crippen LogP contribution in [0.4, 0.5) is 0 Å². The topological polar surface area (TPSA) is 38.5 Å². The molecule has 3 nitrogen and oxygen atoms in total. The Kier molecular flexibility index (Phi) is 7.09. The molecule has 18 heavy (non-hydrogen) atoms. The first-order valence-corrected chi connectivity index (χ1v) is 6.88. The molecule has 2 N–H and O–H groups in total. The molecule has 0 aliphatic carbocycles. The van der Waals surface area contributed by atoms with Crippen LogP contribution in [0.25, 0.3) is 0 Å². The van der Waals surface area contributed by atoms with Crippen LogP contribution < -0.4 is 10.5 Å². The van der Waals surface area contributed by atoms with Gasteiger partial charge in [0, 0.05) is 17.1 Å². The van der Waals surface area contributed by atoms with Crippen LogP contribution >= 0.6 is 11.6 Å². The zero-order valence-electron chi connectivity index (χ0n) is 11.3. The molecule has 0 radical (unpaired) electrons. The maximum atomic E-state index is 6.03. The van der Waals surface area contributed by atoms with Gasteiger partial charge in [0.15, 0.2) is 0 Å². The number of benzene rings is 1. The first-order chi connectivity index (χ1) is 8.79. The largest absolute Gasteiger partial charge is 0.494 e. The fraction of sp³-hybridized carbons (Fsp3) is 0.571. The van der Waals surface area contributed by atoms with E-state index in [2.05, 4.69) is 10.6 Å². The average Bonchev–Trinajstić information content (AvgIpc) is 2.88. The minimum Gasteiger partial charge on any atom is -0.494 e. The lowest BCUT2D eigenvalue weighted by molar-refractivity contribution is 0.305. The number of halogens is 1. The van der Waals surface area contributed by atoms with Crippen molar-refractivity contribution in [3.8, 4) is 5.75 Å². The van der Waals surface area contributed by atoms with Crippen molar-refractivity contribution in [2.45, 2.75) is 26.3 Å². The van der Waals surface area contributed by atoms with Crippen LogP contribution in [0.3, 0.4) is 0 Å². The Hall–Kier alpha value is -0.770. The Balaban J connectivity index is 0.000000771. The summed E-state index contributed by atoms with van der Waals surface area (Å²) in [4.78, 5) is 2.45. The Morgan fingerprint density at radius 1 is 1.28 bits per heavy atom. The van der Waals surface area contributed by atoms with Crippen molar-refractivity contribution >= 4 is 11.6 Å². The fourth-order valence-corrected chi connectivity index (χ4v) is 2.34. The highest BCUT2D eigenvalue weighted by molar-refractivity contribution is 6.30. The second-order valence-electron chi connectivity index (χ2n) is 4.17. The molecule has 1 saturated heterocycles. The van der Waals surface area contributed by atoms with Crippen molar-refractivity contribution in [2.24, 2.45) is 5.73 Å². The molecule has 1 aromatic rings. The van der Waals surface area contributed by atoms with Crippen LogP contribution in [-0.4, -0.2) is 31.6 Å². The molecule has 1 aromatic carbocycles. The van der Waals surface area contributed by atoms with Gasteiger partial charge >= 0.3 is 0 Å². The molecule has 0 aromatic heterocycles.